The highest BCUT2D eigenvalue weighted by Gasteiger charge is 2.35. The molecule has 0 saturated heterocycles. The summed E-state index contributed by atoms with van der Waals surface area (Å²) in [6.07, 6.45) is -0.0102. The molecule has 3 rings (SSSR count). The lowest BCUT2D eigenvalue weighted by Gasteiger charge is -2.15. The summed E-state index contributed by atoms with van der Waals surface area (Å²) in [4.78, 5) is 38.7. The quantitative estimate of drug-likeness (QED) is 0.400. The molecule has 1 atom stereocenters. The molecule has 0 radical (unpaired) electrons. The van der Waals surface area contributed by atoms with E-state index in [0.29, 0.717) is 23.6 Å². The number of carbonyl (C=O) groups is 3. The fourth-order valence-electron chi connectivity index (χ4n) is 3.08. The predicted molar refractivity (Wildman–Crippen MR) is 104 cm³/mol. The summed E-state index contributed by atoms with van der Waals surface area (Å²) in [5.41, 5.74) is 1.40. The third-order valence-corrected chi connectivity index (χ3v) is 4.91. The van der Waals surface area contributed by atoms with Crippen LogP contribution in [0.15, 0.2) is 42.5 Å². The van der Waals surface area contributed by atoms with Crippen LogP contribution < -0.4 is 0 Å². The van der Waals surface area contributed by atoms with E-state index in [1.807, 2.05) is 6.07 Å². The normalized spacial score (nSPS) is 14.2. The van der Waals surface area contributed by atoms with Crippen molar-refractivity contribution in [3.8, 4) is 0 Å². The van der Waals surface area contributed by atoms with Gasteiger partial charge in [-0.15, -0.1) is 0 Å². The average Bonchev–Trinajstić information content (AvgIpc) is 2.92. The van der Waals surface area contributed by atoms with Gasteiger partial charge in [0.2, 0.25) is 0 Å². The number of benzene rings is 2. The molecule has 0 spiro atoms. The molecule has 146 valence electrons. The van der Waals surface area contributed by atoms with Crippen molar-refractivity contribution >= 4 is 29.4 Å². The van der Waals surface area contributed by atoms with Crippen molar-refractivity contribution in [2.24, 2.45) is 0 Å². The number of imide groups is 1. The van der Waals surface area contributed by atoms with Crippen LogP contribution in [0.1, 0.15) is 56.1 Å². The lowest BCUT2D eigenvalue weighted by molar-refractivity contribution is 0.0338. The van der Waals surface area contributed by atoms with Crippen LogP contribution in [0.2, 0.25) is 5.02 Å². The minimum atomic E-state index is -0.590. The number of hydrogen-bond donors (Lipinski definition) is 0. The van der Waals surface area contributed by atoms with E-state index in [1.54, 1.807) is 32.2 Å². The maximum absolute atomic E-state index is 12.6. The first-order chi connectivity index (χ1) is 13.4. The Hall–Kier alpha value is -2.70. The van der Waals surface area contributed by atoms with Crippen LogP contribution in [0.4, 0.5) is 0 Å². The molecule has 0 bridgehead atoms. The second kappa shape index (κ2) is 8.54. The molecule has 6 nitrogen and oxygen atoms in total. The summed E-state index contributed by atoms with van der Waals surface area (Å²) >= 11 is 6.14. The van der Waals surface area contributed by atoms with E-state index in [9.17, 15) is 14.4 Å². The summed E-state index contributed by atoms with van der Waals surface area (Å²) in [5.74, 6) is -1.36. The fraction of sp³-hybridized carbons (Fsp3) is 0.286. The maximum atomic E-state index is 12.6. The zero-order chi connectivity index (χ0) is 20.3. The van der Waals surface area contributed by atoms with Gasteiger partial charge in [0, 0.05) is 30.8 Å². The van der Waals surface area contributed by atoms with E-state index < -0.39 is 18.0 Å². The van der Waals surface area contributed by atoms with Crippen molar-refractivity contribution in [1.29, 1.82) is 0 Å². The Bertz CT molecular complexity index is 927. The molecule has 0 aliphatic carbocycles. The monoisotopic (exact) mass is 401 g/mol. The SMILES string of the molecule is COCCCN1C(=O)c2ccc(C(=O)O[C@H](C)c3ccccc3Cl)cc2C1=O. The minimum absolute atomic E-state index is 0.206. The summed E-state index contributed by atoms with van der Waals surface area (Å²) in [5, 5.41) is 0.504. The highest BCUT2D eigenvalue weighted by Crippen LogP contribution is 2.28. The van der Waals surface area contributed by atoms with Gasteiger partial charge in [0.05, 0.1) is 16.7 Å². The zero-order valence-electron chi connectivity index (χ0n) is 15.6. The third kappa shape index (κ3) is 3.93. The molecule has 0 aromatic heterocycles. The van der Waals surface area contributed by atoms with E-state index in [-0.39, 0.29) is 29.1 Å². The first kappa shape index (κ1) is 20.0. The highest BCUT2D eigenvalue weighted by molar-refractivity contribution is 6.31. The smallest absolute Gasteiger partial charge is 0.338 e. The summed E-state index contributed by atoms with van der Waals surface area (Å²) < 4.78 is 10.4. The number of halogens is 1. The van der Waals surface area contributed by atoms with Crippen LogP contribution in [0.5, 0.6) is 0 Å². The first-order valence-corrected chi connectivity index (χ1v) is 9.26. The molecule has 1 aliphatic rings. The number of esters is 1. The molecule has 0 N–H and O–H groups in total. The molecule has 2 aromatic carbocycles. The molecule has 1 aliphatic heterocycles. The topological polar surface area (TPSA) is 72.9 Å². The lowest BCUT2D eigenvalue weighted by atomic mass is 10.1. The number of hydrogen-bond acceptors (Lipinski definition) is 5. The molecular weight excluding hydrogens is 382 g/mol. The van der Waals surface area contributed by atoms with Crippen molar-refractivity contribution in [2.45, 2.75) is 19.4 Å². The number of carbonyl (C=O) groups excluding carboxylic acids is 3. The Labute approximate surface area is 168 Å². The van der Waals surface area contributed by atoms with Gasteiger partial charge >= 0.3 is 5.97 Å². The van der Waals surface area contributed by atoms with Crippen LogP contribution in [-0.4, -0.2) is 42.9 Å². The van der Waals surface area contributed by atoms with Crippen LogP contribution in [-0.2, 0) is 9.47 Å². The Balaban J connectivity index is 1.76. The second-order valence-electron chi connectivity index (χ2n) is 6.44. The van der Waals surface area contributed by atoms with Gasteiger partial charge in [-0.05, 0) is 37.6 Å². The van der Waals surface area contributed by atoms with Crippen molar-refractivity contribution in [3.63, 3.8) is 0 Å². The van der Waals surface area contributed by atoms with E-state index in [2.05, 4.69) is 0 Å². The van der Waals surface area contributed by atoms with Crippen LogP contribution >= 0.6 is 11.6 Å². The molecule has 1 heterocycles. The molecular formula is C21H20ClNO5. The standard InChI is InChI=1S/C21H20ClNO5/c1-13(15-6-3-4-7-18(15)22)28-21(26)14-8-9-16-17(12-14)20(25)23(19(16)24)10-5-11-27-2/h3-4,6-9,12-13H,5,10-11H2,1-2H3/t13-/m1/s1. The molecule has 2 amide bonds. The van der Waals surface area contributed by atoms with Gasteiger partial charge in [-0.25, -0.2) is 4.79 Å². The van der Waals surface area contributed by atoms with Gasteiger partial charge in [0.1, 0.15) is 6.10 Å². The number of fused-ring (bicyclic) bond motifs is 1. The van der Waals surface area contributed by atoms with E-state index in [4.69, 9.17) is 21.1 Å². The van der Waals surface area contributed by atoms with Gasteiger partial charge in [0.15, 0.2) is 0 Å². The predicted octanol–water partition coefficient (Wildman–Crippen LogP) is 3.89. The van der Waals surface area contributed by atoms with Gasteiger partial charge < -0.3 is 9.47 Å². The Morgan fingerprint density at radius 3 is 2.54 bits per heavy atom. The first-order valence-electron chi connectivity index (χ1n) is 8.88. The van der Waals surface area contributed by atoms with Gasteiger partial charge in [-0.1, -0.05) is 29.8 Å². The van der Waals surface area contributed by atoms with Crippen molar-refractivity contribution < 1.29 is 23.9 Å². The third-order valence-electron chi connectivity index (χ3n) is 4.56. The van der Waals surface area contributed by atoms with E-state index in [0.717, 1.165) is 0 Å². The maximum Gasteiger partial charge on any atom is 0.338 e. The van der Waals surface area contributed by atoms with E-state index >= 15 is 0 Å². The molecule has 0 unspecified atom stereocenters. The molecule has 0 saturated carbocycles. The largest absolute Gasteiger partial charge is 0.454 e. The van der Waals surface area contributed by atoms with Gasteiger partial charge in [-0.3, -0.25) is 14.5 Å². The summed E-state index contributed by atoms with van der Waals surface area (Å²) in [6.45, 7) is 2.44. The van der Waals surface area contributed by atoms with Crippen molar-refractivity contribution in [2.75, 3.05) is 20.3 Å². The zero-order valence-corrected chi connectivity index (χ0v) is 16.4. The number of amides is 2. The minimum Gasteiger partial charge on any atom is -0.454 e. The Morgan fingerprint density at radius 1 is 1.11 bits per heavy atom. The molecule has 28 heavy (non-hydrogen) atoms. The van der Waals surface area contributed by atoms with E-state index in [1.165, 1.54) is 23.1 Å². The molecule has 7 heteroatoms. The van der Waals surface area contributed by atoms with Crippen molar-refractivity contribution in [3.05, 3.63) is 69.7 Å². The van der Waals surface area contributed by atoms with Crippen LogP contribution in [0.25, 0.3) is 0 Å². The average molecular weight is 402 g/mol. The number of methoxy groups -OCH3 is 1. The molecule has 0 fully saturated rings. The lowest BCUT2D eigenvalue weighted by Crippen LogP contribution is -2.31. The summed E-state index contributed by atoms with van der Waals surface area (Å²) in [7, 11) is 1.56. The highest BCUT2D eigenvalue weighted by atomic mass is 35.5. The number of ether oxygens (including phenoxy) is 2. The van der Waals surface area contributed by atoms with Crippen LogP contribution in [0, 0.1) is 0 Å². The van der Waals surface area contributed by atoms with Crippen molar-refractivity contribution in [1.82, 2.24) is 4.90 Å². The van der Waals surface area contributed by atoms with Gasteiger partial charge in [-0.2, -0.15) is 0 Å². The molecule has 2 aromatic rings. The fourth-order valence-corrected chi connectivity index (χ4v) is 3.37. The summed E-state index contributed by atoms with van der Waals surface area (Å²) in [6, 6.07) is 11.5. The Morgan fingerprint density at radius 2 is 1.82 bits per heavy atom. The Kier molecular flexibility index (Phi) is 6.11. The number of rotatable bonds is 7. The second-order valence-corrected chi connectivity index (χ2v) is 6.84. The number of nitrogens with zero attached hydrogens (tertiary/aromatic N) is 1. The van der Waals surface area contributed by atoms with Crippen LogP contribution in [0.3, 0.4) is 0 Å². The van der Waals surface area contributed by atoms with Gasteiger partial charge in [0.25, 0.3) is 11.8 Å².